The van der Waals surface area contributed by atoms with Crippen molar-refractivity contribution in [1.29, 1.82) is 0 Å². The maximum absolute atomic E-state index is 11.4. The van der Waals surface area contributed by atoms with Crippen molar-refractivity contribution in [2.75, 3.05) is 11.0 Å². The van der Waals surface area contributed by atoms with Crippen LogP contribution in [0.3, 0.4) is 0 Å². The number of rotatable bonds is 3. The summed E-state index contributed by atoms with van der Waals surface area (Å²) in [6, 6.07) is 22.3. The van der Waals surface area contributed by atoms with Crippen LogP contribution in [0.15, 0.2) is 72.5 Å². The van der Waals surface area contributed by atoms with Gasteiger partial charge in [0.05, 0.1) is 6.26 Å². The number of sulfonamides is 1. The van der Waals surface area contributed by atoms with Gasteiger partial charge in [0.15, 0.2) is 0 Å². The summed E-state index contributed by atoms with van der Waals surface area (Å²) in [6.45, 7) is 2.15. The van der Waals surface area contributed by atoms with Crippen molar-refractivity contribution in [3.63, 3.8) is 0 Å². The fraction of sp³-hybridized carbons (Fsp3) is 0.160. The lowest BCUT2D eigenvalue weighted by Gasteiger charge is -2.12. The Morgan fingerprint density at radius 2 is 1.59 bits per heavy atom. The van der Waals surface area contributed by atoms with Crippen molar-refractivity contribution in [2.24, 2.45) is 0 Å². The van der Waals surface area contributed by atoms with Gasteiger partial charge in [-0.1, -0.05) is 54.6 Å². The van der Waals surface area contributed by atoms with E-state index >= 15 is 0 Å². The highest BCUT2D eigenvalue weighted by atomic mass is 32.2. The second kappa shape index (κ2) is 7.75. The molecule has 0 atom stereocenters. The molecule has 0 unspecified atom stereocenters. The first kappa shape index (κ1) is 19.3. The van der Waals surface area contributed by atoms with Crippen LogP contribution in [0.5, 0.6) is 0 Å². The van der Waals surface area contributed by atoms with Gasteiger partial charge in [0, 0.05) is 11.3 Å². The SMILES string of the molecule is Cc1cccc2c1C(=C=Cc1ccc(NS(C)(=O)=O)cc1)c1ccccc1CC2. The van der Waals surface area contributed by atoms with E-state index in [9.17, 15) is 8.42 Å². The molecule has 0 saturated heterocycles. The first-order chi connectivity index (χ1) is 13.9. The van der Waals surface area contributed by atoms with E-state index in [1.54, 1.807) is 12.1 Å². The van der Waals surface area contributed by atoms with Gasteiger partial charge in [0.25, 0.3) is 0 Å². The highest BCUT2D eigenvalue weighted by molar-refractivity contribution is 7.92. The number of benzene rings is 3. The second-order valence-corrected chi connectivity index (χ2v) is 9.17. The van der Waals surface area contributed by atoms with Crippen LogP contribution >= 0.6 is 0 Å². The fourth-order valence-corrected chi connectivity index (χ4v) is 4.41. The van der Waals surface area contributed by atoms with Gasteiger partial charge in [0.1, 0.15) is 0 Å². The van der Waals surface area contributed by atoms with Gasteiger partial charge in [-0.3, -0.25) is 4.72 Å². The third kappa shape index (κ3) is 4.34. The molecule has 4 rings (SSSR count). The minimum Gasteiger partial charge on any atom is -0.284 e. The Morgan fingerprint density at radius 3 is 2.34 bits per heavy atom. The molecule has 0 fully saturated rings. The predicted molar refractivity (Wildman–Crippen MR) is 120 cm³/mol. The minimum atomic E-state index is -3.28. The molecule has 1 aliphatic carbocycles. The van der Waals surface area contributed by atoms with Crippen LogP contribution in [0, 0.1) is 6.92 Å². The molecule has 0 saturated carbocycles. The molecule has 0 radical (unpaired) electrons. The van der Waals surface area contributed by atoms with Crippen LogP contribution in [0.1, 0.15) is 33.4 Å². The van der Waals surface area contributed by atoms with Crippen molar-refractivity contribution in [3.8, 4) is 0 Å². The molecule has 146 valence electrons. The third-order valence-electron chi connectivity index (χ3n) is 5.16. The molecule has 0 heterocycles. The Balaban J connectivity index is 1.82. The van der Waals surface area contributed by atoms with E-state index in [4.69, 9.17) is 0 Å². The van der Waals surface area contributed by atoms with Gasteiger partial charge in [-0.05, 0) is 71.4 Å². The zero-order valence-corrected chi connectivity index (χ0v) is 17.4. The monoisotopic (exact) mass is 401 g/mol. The standard InChI is InChI=1S/C25H23NO2S/c1-18-6-5-8-21-14-13-20-7-3-4-9-23(20)24(25(18)21)17-12-19-10-15-22(16-11-19)26-29(2,27)28/h3-12,15-16,26H,13-14H2,1-2H3. The van der Waals surface area contributed by atoms with Crippen molar-refractivity contribution in [2.45, 2.75) is 19.8 Å². The van der Waals surface area contributed by atoms with Gasteiger partial charge in [-0.2, -0.15) is 0 Å². The maximum atomic E-state index is 11.4. The Bertz CT molecular complexity index is 1230. The first-order valence-electron chi connectivity index (χ1n) is 9.62. The summed E-state index contributed by atoms with van der Waals surface area (Å²) in [6.07, 6.45) is 5.15. The zero-order chi connectivity index (χ0) is 20.4. The Hall–Kier alpha value is -3.07. The van der Waals surface area contributed by atoms with E-state index in [1.807, 2.05) is 18.2 Å². The zero-order valence-electron chi connectivity index (χ0n) is 16.6. The first-order valence-corrected chi connectivity index (χ1v) is 11.5. The van der Waals surface area contributed by atoms with Gasteiger partial charge in [0.2, 0.25) is 10.0 Å². The number of fused-ring (bicyclic) bond motifs is 2. The summed E-state index contributed by atoms with van der Waals surface area (Å²) < 4.78 is 25.3. The molecule has 1 aliphatic rings. The average Bonchev–Trinajstić information content (AvgIpc) is 2.84. The number of hydrogen-bond donors (Lipinski definition) is 1. The van der Waals surface area contributed by atoms with Crippen LogP contribution in [0.4, 0.5) is 5.69 Å². The lowest BCUT2D eigenvalue weighted by Crippen LogP contribution is -2.09. The number of hydrogen-bond acceptors (Lipinski definition) is 2. The molecule has 3 aromatic rings. The van der Waals surface area contributed by atoms with E-state index in [0.29, 0.717) is 5.69 Å². The number of anilines is 1. The summed E-state index contributed by atoms with van der Waals surface area (Å²) in [5, 5.41) is 0. The Kier molecular flexibility index (Phi) is 5.14. The lowest BCUT2D eigenvalue weighted by molar-refractivity contribution is 0.607. The highest BCUT2D eigenvalue weighted by Crippen LogP contribution is 2.35. The van der Waals surface area contributed by atoms with Gasteiger partial charge < -0.3 is 0 Å². The van der Waals surface area contributed by atoms with Crippen molar-refractivity contribution in [1.82, 2.24) is 0 Å². The Morgan fingerprint density at radius 1 is 0.897 bits per heavy atom. The van der Waals surface area contributed by atoms with Crippen LogP contribution < -0.4 is 4.72 Å². The second-order valence-electron chi connectivity index (χ2n) is 7.43. The van der Waals surface area contributed by atoms with Crippen LogP contribution in [-0.2, 0) is 22.9 Å². The number of aryl methyl sites for hydroxylation is 3. The van der Waals surface area contributed by atoms with E-state index in [1.165, 1.54) is 27.8 Å². The Labute approximate surface area is 172 Å². The average molecular weight is 402 g/mol. The largest absolute Gasteiger partial charge is 0.284 e. The molecule has 4 heteroatoms. The highest BCUT2D eigenvalue weighted by Gasteiger charge is 2.19. The molecular weight excluding hydrogens is 378 g/mol. The normalized spacial score (nSPS) is 13.0. The summed E-state index contributed by atoms with van der Waals surface area (Å²) in [7, 11) is -3.28. The van der Waals surface area contributed by atoms with Crippen LogP contribution in [0.2, 0.25) is 0 Å². The summed E-state index contributed by atoms with van der Waals surface area (Å²) in [5.41, 5.74) is 12.6. The maximum Gasteiger partial charge on any atom is 0.229 e. The fourth-order valence-electron chi connectivity index (χ4n) is 3.85. The third-order valence-corrected chi connectivity index (χ3v) is 5.76. The summed E-state index contributed by atoms with van der Waals surface area (Å²) >= 11 is 0. The van der Waals surface area contributed by atoms with E-state index in [2.05, 4.69) is 59.8 Å². The number of nitrogens with one attached hydrogen (secondary N) is 1. The topological polar surface area (TPSA) is 46.2 Å². The van der Waals surface area contributed by atoms with Crippen LogP contribution in [0.25, 0.3) is 11.6 Å². The van der Waals surface area contributed by atoms with E-state index in [-0.39, 0.29) is 0 Å². The molecule has 0 spiro atoms. The van der Waals surface area contributed by atoms with Crippen LogP contribution in [-0.4, -0.2) is 14.7 Å². The molecule has 29 heavy (non-hydrogen) atoms. The molecule has 1 N–H and O–H groups in total. The summed E-state index contributed by atoms with van der Waals surface area (Å²) in [4.78, 5) is 0. The molecule has 0 aromatic heterocycles. The van der Waals surface area contributed by atoms with Crippen molar-refractivity contribution >= 4 is 27.4 Å². The molecule has 0 aliphatic heterocycles. The van der Waals surface area contributed by atoms with Crippen molar-refractivity contribution in [3.05, 3.63) is 106 Å². The lowest BCUT2D eigenvalue weighted by atomic mass is 9.91. The molecule has 3 nitrogen and oxygen atoms in total. The quantitative estimate of drug-likeness (QED) is 0.613. The van der Waals surface area contributed by atoms with Gasteiger partial charge in [-0.15, -0.1) is 5.73 Å². The minimum absolute atomic E-state index is 0.554. The van der Waals surface area contributed by atoms with E-state index < -0.39 is 10.0 Å². The molecule has 0 amide bonds. The smallest absolute Gasteiger partial charge is 0.229 e. The predicted octanol–water partition coefficient (Wildman–Crippen LogP) is 5.21. The molecular formula is C25H23NO2S. The molecule has 3 aromatic carbocycles. The van der Waals surface area contributed by atoms with Gasteiger partial charge in [-0.25, -0.2) is 8.42 Å². The van der Waals surface area contributed by atoms with E-state index in [0.717, 1.165) is 30.2 Å². The molecule has 0 bridgehead atoms. The van der Waals surface area contributed by atoms with Crippen molar-refractivity contribution < 1.29 is 8.42 Å². The van der Waals surface area contributed by atoms with Gasteiger partial charge >= 0.3 is 0 Å². The summed E-state index contributed by atoms with van der Waals surface area (Å²) in [5.74, 6) is 0.